The minimum absolute atomic E-state index is 0.0603. The van der Waals surface area contributed by atoms with Gasteiger partial charge in [-0.1, -0.05) is 19.9 Å². The van der Waals surface area contributed by atoms with Gasteiger partial charge >= 0.3 is 0 Å². The largest absolute Gasteiger partial charge is 0.496 e. The summed E-state index contributed by atoms with van der Waals surface area (Å²) in [5, 5.41) is 3.07. The second-order valence-corrected chi connectivity index (χ2v) is 5.99. The Morgan fingerprint density at radius 3 is 2.71 bits per heavy atom. The normalized spacial score (nSPS) is 16.0. The van der Waals surface area contributed by atoms with Gasteiger partial charge in [-0.3, -0.25) is 4.79 Å². The summed E-state index contributed by atoms with van der Waals surface area (Å²) in [6.07, 6.45) is 2.73. The Morgan fingerprint density at radius 2 is 2.10 bits per heavy atom. The lowest BCUT2D eigenvalue weighted by atomic mass is 10.0. The van der Waals surface area contributed by atoms with E-state index in [1.165, 1.54) is 5.56 Å². The molecule has 1 fully saturated rings. The van der Waals surface area contributed by atoms with E-state index in [4.69, 9.17) is 9.47 Å². The van der Waals surface area contributed by atoms with Crippen molar-refractivity contribution < 1.29 is 14.3 Å². The van der Waals surface area contributed by atoms with Crippen molar-refractivity contribution >= 4 is 5.91 Å². The highest BCUT2D eigenvalue weighted by molar-refractivity contribution is 5.97. The highest BCUT2D eigenvalue weighted by Gasteiger charge is 2.19. The monoisotopic (exact) mass is 291 g/mol. The standard InChI is InChI=1S/C17H25NO3/c1-12(2)10-13-4-5-15(16(11-13)20-3)17(19)18-14-6-8-21-9-7-14/h4-5,11-12,14H,6-10H2,1-3H3,(H,18,19). The number of amides is 1. The number of carbonyl (C=O) groups is 1. The highest BCUT2D eigenvalue weighted by atomic mass is 16.5. The SMILES string of the molecule is COc1cc(CC(C)C)ccc1C(=O)NC1CCOCC1. The highest BCUT2D eigenvalue weighted by Crippen LogP contribution is 2.22. The molecule has 1 aliphatic heterocycles. The molecule has 1 N–H and O–H groups in total. The van der Waals surface area contributed by atoms with Gasteiger partial charge in [-0.05, 0) is 42.9 Å². The topological polar surface area (TPSA) is 47.6 Å². The molecule has 0 spiro atoms. The second-order valence-electron chi connectivity index (χ2n) is 5.99. The molecule has 116 valence electrons. The summed E-state index contributed by atoms with van der Waals surface area (Å²) < 4.78 is 10.7. The van der Waals surface area contributed by atoms with E-state index < -0.39 is 0 Å². The Balaban J connectivity index is 2.08. The molecule has 1 aromatic rings. The van der Waals surface area contributed by atoms with Crippen LogP contribution in [0.3, 0.4) is 0 Å². The lowest BCUT2D eigenvalue weighted by Crippen LogP contribution is -2.39. The first kappa shape index (κ1) is 15.8. The molecule has 0 bridgehead atoms. The number of rotatable bonds is 5. The summed E-state index contributed by atoms with van der Waals surface area (Å²) in [6, 6.07) is 6.05. The van der Waals surface area contributed by atoms with E-state index in [1.54, 1.807) is 7.11 Å². The molecule has 4 nitrogen and oxygen atoms in total. The molecule has 21 heavy (non-hydrogen) atoms. The number of methoxy groups -OCH3 is 1. The third-order valence-corrected chi connectivity index (χ3v) is 3.71. The molecule has 0 aliphatic carbocycles. The minimum atomic E-state index is -0.0603. The fourth-order valence-corrected chi connectivity index (χ4v) is 2.63. The Bertz CT molecular complexity index is 479. The number of benzene rings is 1. The van der Waals surface area contributed by atoms with Crippen LogP contribution in [0.2, 0.25) is 0 Å². The molecule has 1 aromatic carbocycles. The van der Waals surface area contributed by atoms with Crippen molar-refractivity contribution in [3.8, 4) is 5.75 Å². The maximum Gasteiger partial charge on any atom is 0.255 e. The van der Waals surface area contributed by atoms with Gasteiger partial charge in [0.15, 0.2) is 0 Å². The second kappa shape index (κ2) is 7.46. The fraction of sp³-hybridized carbons (Fsp3) is 0.588. The molecule has 2 rings (SSSR count). The molecule has 1 aliphatic rings. The van der Waals surface area contributed by atoms with Gasteiger partial charge < -0.3 is 14.8 Å². The smallest absolute Gasteiger partial charge is 0.255 e. The van der Waals surface area contributed by atoms with Crippen molar-refractivity contribution in [2.75, 3.05) is 20.3 Å². The Labute approximate surface area is 126 Å². The average molecular weight is 291 g/mol. The van der Waals surface area contributed by atoms with Gasteiger partial charge in [-0.15, -0.1) is 0 Å². The third-order valence-electron chi connectivity index (χ3n) is 3.71. The molecule has 0 saturated carbocycles. The van der Waals surface area contributed by atoms with E-state index >= 15 is 0 Å². The molecular formula is C17H25NO3. The van der Waals surface area contributed by atoms with Crippen molar-refractivity contribution in [2.24, 2.45) is 5.92 Å². The number of hydrogen-bond acceptors (Lipinski definition) is 3. The van der Waals surface area contributed by atoms with Crippen LogP contribution in [0.15, 0.2) is 18.2 Å². The average Bonchev–Trinajstić information content (AvgIpc) is 2.47. The van der Waals surface area contributed by atoms with E-state index in [-0.39, 0.29) is 11.9 Å². The van der Waals surface area contributed by atoms with Crippen molar-refractivity contribution in [1.29, 1.82) is 0 Å². The van der Waals surface area contributed by atoms with E-state index in [0.717, 1.165) is 32.5 Å². The first-order valence-corrected chi connectivity index (χ1v) is 7.65. The van der Waals surface area contributed by atoms with Gasteiger partial charge in [-0.2, -0.15) is 0 Å². The number of carbonyl (C=O) groups excluding carboxylic acids is 1. The first-order chi connectivity index (χ1) is 10.1. The predicted molar refractivity (Wildman–Crippen MR) is 82.8 cm³/mol. The van der Waals surface area contributed by atoms with Crippen LogP contribution >= 0.6 is 0 Å². The maximum absolute atomic E-state index is 12.4. The van der Waals surface area contributed by atoms with Crippen molar-refractivity contribution in [3.63, 3.8) is 0 Å². The van der Waals surface area contributed by atoms with Gasteiger partial charge in [0.2, 0.25) is 0 Å². The van der Waals surface area contributed by atoms with Crippen molar-refractivity contribution in [1.82, 2.24) is 5.32 Å². The molecular weight excluding hydrogens is 266 g/mol. The van der Waals surface area contributed by atoms with E-state index in [9.17, 15) is 4.79 Å². The van der Waals surface area contributed by atoms with Gasteiger partial charge in [0.25, 0.3) is 5.91 Å². The zero-order valence-electron chi connectivity index (χ0n) is 13.1. The molecule has 0 aromatic heterocycles. The number of nitrogens with one attached hydrogen (secondary N) is 1. The van der Waals surface area contributed by atoms with Crippen LogP contribution in [0.1, 0.15) is 42.6 Å². The molecule has 0 unspecified atom stereocenters. The van der Waals surface area contributed by atoms with Crippen LogP contribution in [-0.2, 0) is 11.2 Å². The maximum atomic E-state index is 12.4. The van der Waals surface area contributed by atoms with Crippen LogP contribution in [0.25, 0.3) is 0 Å². The lowest BCUT2D eigenvalue weighted by Gasteiger charge is -2.23. The Morgan fingerprint density at radius 1 is 1.38 bits per heavy atom. The van der Waals surface area contributed by atoms with Crippen LogP contribution in [0.4, 0.5) is 0 Å². The molecule has 4 heteroatoms. The Kier molecular flexibility index (Phi) is 5.62. The van der Waals surface area contributed by atoms with Crippen molar-refractivity contribution in [2.45, 2.75) is 39.2 Å². The Hall–Kier alpha value is -1.55. The molecule has 0 atom stereocenters. The zero-order valence-corrected chi connectivity index (χ0v) is 13.1. The number of hydrogen-bond donors (Lipinski definition) is 1. The number of ether oxygens (including phenoxy) is 2. The van der Waals surface area contributed by atoms with Crippen molar-refractivity contribution in [3.05, 3.63) is 29.3 Å². The summed E-state index contributed by atoms with van der Waals surface area (Å²) in [7, 11) is 1.61. The summed E-state index contributed by atoms with van der Waals surface area (Å²) in [5.74, 6) is 1.17. The predicted octanol–water partition coefficient (Wildman–Crippen LogP) is 2.80. The van der Waals surface area contributed by atoms with Crippen LogP contribution in [0.5, 0.6) is 5.75 Å². The van der Waals surface area contributed by atoms with Gasteiger partial charge in [0, 0.05) is 19.3 Å². The van der Waals surface area contributed by atoms with Gasteiger partial charge in [0.05, 0.1) is 12.7 Å². The van der Waals surface area contributed by atoms with Crippen LogP contribution in [0, 0.1) is 5.92 Å². The summed E-state index contributed by atoms with van der Waals surface area (Å²) >= 11 is 0. The minimum Gasteiger partial charge on any atom is -0.496 e. The third kappa shape index (κ3) is 4.46. The molecule has 1 saturated heterocycles. The molecule has 0 radical (unpaired) electrons. The van der Waals surface area contributed by atoms with Crippen LogP contribution < -0.4 is 10.1 Å². The quantitative estimate of drug-likeness (QED) is 0.907. The molecule has 1 heterocycles. The molecule has 1 amide bonds. The zero-order chi connectivity index (χ0) is 15.2. The van der Waals surface area contributed by atoms with Gasteiger partial charge in [0.1, 0.15) is 5.75 Å². The fourth-order valence-electron chi connectivity index (χ4n) is 2.63. The lowest BCUT2D eigenvalue weighted by molar-refractivity contribution is 0.0695. The van der Waals surface area contributed by atoms with E-state index in [2.05, 4.69) is 19.2 Å². The first-order valence-electron chi connectivity index (χ1n) is 7.65. The van der Waals surface area contributed by atoms with E-state index in [1.807, 2.05) is 18.2 Å². The van der Waals surface area contributed by atoms with Gasteiger partial charge in [-0.25, -0.2) is 0 Å². The van der Waals surface area contributed by atoms with E-state index in [0.29, 0.717) is 17.2 Å². The summed E-state index contributed by atoms with van der Waals surface area (Å²) in [6.45, 7) is 5.79. The summed E-state index contributed by atoms with van der Waals surface area (Å²) in [5.41, 5.74) is 1.81. The summed E-state index contributed by atoms with van der Waals surface area (Å²) in [4.78, 5) is 12.4. The van der Waals surface area contributed by atoms with Crippen LogP contribution in [-0.4, -0.2) is 32.3 Å².